The first kappa shape index (κ1) is 9.86. The predicted molar refractivity (Wildman–Crippen MR) is 59.2 cm³/mol. The Morgan fingerprint density at radius 3 is 2.73 bits per heavy atom. The van der Waals surface area contributed by atoms with E-state index >= 15 is 0 Å². The summed E-state index contributed by atoms with van der Waals surface area (Å²) < 4.78 is 13.4. The highest BCUT2D eigenvalue weighted by Gasteiger charge is 2.09. The van der Waals surface area contributed by atoms with Crippen LogP contribution in [0.2, 0.25) is 0 Å². The van der Waals surface area contributed by atoms with Gasteiger partial charge in [0.15, 0.2) is 0 Å². The van der Waals surface area contributed by atoms with Crippen LogP contribution >= 0.6 is 11.3 Å². The van der Waals surface area contributed by atoms with E-state index in [0.717, 1.165) is 0 Å². The van der Waals surface area contributed by atoms with E-state index in [2.05, 4.69) is 11.6 Å². The fourth-order valence-corrected chi connectivity index (χ4v) is 1.98. The van der Waals surface area contributed by atoms with Crippen molar-refractivity contribution in [2.75, 3.05) is 0 Å². The molecule has 76 valence electrons. The Morgan fingerprint density at radius 1 is 1.40 bits per heavy atom. The van der Waals surface area contributed by atoms with Crippen molar-refractivity contribution in [1.82, 2.24) is 4.98 Å². The molecular formula is C11H8FNOS. The highest BCUT2D eigenvalue weighted by Crippen LogP contribution is 2.29. The maximum Gasteiger partial charge on any atom is 0.133 e. The van der Waals surface area contributed by atoms with Gasteiger partial charge in [-0.05, 0) is 12.1 Å². The number of halogens is 1. The molecule has 0 aliphatic carbocycles. The van der Waals surface area contributed by atoms with Crippen LogP contribution in [-0.4, -0.2) is 10.1 Å². The molecule has 1 aromatic carbocycles. The van der Waals surface area contributed by atoms with Crippen molar-refractivity contribution < 1.29 is 9.50 Å². The van der Waals surface area contributed by atoms with Crippen molar-refractivity contribution in [3.8, 4) is 10.6 Å². The molecule has 0 spiro atoms. The van der Waals surface area contributed by atoms with Gasteiger partial charge in [-0.2, -0.15) is 0 Å². The Morgan fingerprint density at radius 2 is 2.13 bits per heavy atom. The highest BCUT2D eigenvalue weighted by molar-refractivity contribution is 7.16. The Balaban J connectivity index is 2.46. The Bertz CT molecular complexity index is 507. The third kappa shape index (κ3) is 1.89. The molecule has 0 aliphatic rings. The van der Waals surface area contributed by atoms with E-state index in [0.29, 0.717) is 15.4 Å². The first-order chi connectivity index (χ1) is 7.18. The minimum atomic E-state index is -0.318. The molecule has 0 bridgehead atoms. The van der Waals surface area contributed by atoms with Crippen LogP contribution < -0.4 is 0 Å². The average Bonchev–Trinajstić information content (AvgIpc) is 2.67. The summed E-state index contributed by atoms with van der Waals surface area (Å²) in [6.45, 7) is 3.39. The van der Waals surface area contributed by atoms with Crippen LogP contribution in [0, 0.1) is 5.82 Å². The van der Waals surface area contributed by atoms with E-state index in [1.807, 2.05) is 0 Å². The van der Waals surface area contributed by atoms with Crippen molar-refractivity contribution in [3.63, 3.8) is 0 Å². The van der Waals surface area contributed by atoms with Crippen LogP contribution in [0.25, 0.3) is 16.3 Å². The molecule has 0 aliphatic heterocycles. The van der Waals surface area contributed by atoms with Gasteiger partial charge in [0, 0.05) is 11.8 Å². The number of thiazole rings is 1. The summed E-state index contributed by atoms with van der Waals surface area (Å²) in [5.74, 6) is -0.364. The standard InChI is InChI=1S/C11H8FNOS/c1-7(14)10-6-13-11(15-10)8-4-2-3-5-9(8)12/h2-6,14H,1H2. The molecule has 0 saturated heterocycles. The van der Waals surface area contributed by atoms with Crippen molar-refractivity contribution in [2.24, 2.45) is 0 Å². The largest absolute Gasteiger partial charge is 0.507 e. The first-order valence-corrected chi connectivity index (χ1v) is 5.09. The van der Waals surface area contributed by atoms with Crippen LogP contribution in [-0.2, 0) is 0 Å². The van der Waals surface area contributed by atoms with Crippen LogP contribution in [0.1, 0.15) is 4.88 Å². The molecule has 15 heavy (non-hydrogen) atoms. The molecule has 1 aromatic heterocycles. The lowest BCUT2D eigenvalue weighted by Crippen LogP contribution is -1.80. The van der Waals surface area contributed by atoms with Gasteiger partial charge in [0.05, 0.1) is 4.88 Å². The molecule has 2 rings (SSSR count). The molecule has 0 amide bonds. The van der Waals surface area contributed by atoms with Crippen molar-refractivity contribution in [3.05, 3.63) is 47.7 Å². The summed E-state index contributed by atoms with van der Waals surface area (Å²) in [4.78, 5) is 4.58. The van der Waals surface area contributed by atoms with Crippen molar-refractivity contribution in [1.29, 1.82) is 0 Å². The monoisotopic (exact) mass is 221 g/mol. The summed E-state index contributed by atoms with van der Waals surface area (Å²) >= 11 is 1.21. The third-order valence-electron chi connectivity index (χ3n) is 1.89. The fourth-order valence-electron chi connectivity index (χ4n) is 1.17. The average molecular weight is 221 g/mol. The molecular weight excluding hydrogens is 213 g/mol. The maximum absolute atomic E-state index is 13.4. The van der Waals surface area contributed by atoms with E-state index in [-0.39, 0.29) is 11.6 Å². The molecule has 1 N–H and O–H groups in total. The van der Waals surface area contributed by atoms with Gasteiger partial charge in [0.25, 0.3) is 0 Å². The Hall–Kier alpha value is -1.68. The van der Waals surface area contributed by atoms with Gasteiger partial charge < -0.3 is 5.11 Å². The quantitative estimate of drug-likeness (QED) is 0.787. The molecule has 0 saturated carbocycles. The van der Waals surface area contributed by atoms with Gasteiger partial charge in [-0.1, -0.05) is 18.7 Å². The lowest BCUT2D eigenvalue weighted by Gasteiger charge is -1.96. The molecule has 4 heteroatoms. The summed E-state index contributed by atoms with van der Waals surface area (Å²) in [7, 11) is 0. The van der Waals surface area contributed by atoms with E-state index < -0.39 is 0 Å². The first-order valence-electron chi connectivity index (χ1n) is 4.27. The lowest BCUT2D eigenvalue weighted by atomic mass is 10.2. The van der Waals surface area contributed by atoms with Gasteiger partial charge >= 0.3 is 0 Å². The third-order valence-corrected chi connectivity index (χ3v) is 2.97. The normalized spacial score (nSPS) is 10.2. The van der Waals surface area contributed by atoms with E-state index in [1.165, 1.54) is 23.6 Å². The minimum absolute atomic E-state index is 0.0462. The van der Waals surface area contributed by atoms with E-state index in [1.54, 1.807) is 18.2 Å². The SMILES string of the molecule is C=C(O)c1cnc(-c2ccccc2F)s1. The zero-order valence-electron chi connectivity index (χ0n) is 7.77. The van der Waals surface area contributed by atoms with Crippen LogP contribution in [0.4, 0.5) is 4.39 Å². The number of benzene rings is 1. The molecule has 0 radical (unpaired) electrons. The van der Waals surface area contributed by atoms with Crippen LogP contribution in [0.15, 0.2) is 37.0 Å². The van der Waals surface area contributed by atoms with E-state index in [4.69, 9.17) is 5.11 Å². The smallest absolute Gasteiger partial charge is 0.133 e. The molecule has 1 heterocycles. The summed E-state index contributed by atoms with van der Waals surface area (Å²) in [5.41, 5.74) is 0.440. The summed E-state index contributed by atoms with van der Waals surface area (Å²) in [6.07, 6.45) is 1.48. The number of rotatable bonds is 2. The van der Waals surface area contributed by atoms with Crippen LogP contribution in [0.5, 0.6) is 0 Å². The molecule has 0 fully saturated rings. The number of nitrogens with zero attached hydrogens (tertiary/aromatic N) is 1. The minimum Gasteiger partial charge on any atom is -0.507 e. The van der Waals surface area contributed by atoms with Gasteiger partial charge in [0.1, 0.15) is 16.6 Å². The second-order valence-corrected chi connectivity index (χ2v) is 3.99. The van der Waals surface area contributed by atoms with Gasteiger partial charge in [-0.3, -0.25) is 0 Å². The number of hydrogen-bond acceptors (Lipinski definition) is 3. The zero-order valence-corrected chi connectivity index (χ0v) is 8.59. The molecule has 2 nitrogen and oxygen atoms in total. The predicted octanol–water partition coefficient (Wildman–Crippen LogP) is 3.48. The Kier molecular flexibility index (Phi) is 2.51. The number of aliphatic hydroxyl groups is 1. The second-order valence-electron chi connectivity index (χ2n) is 2.96. The van der Waals surface area contributed by atoms with E-state index in [9.17, 15) is 4.39 Å². The second kappa shape index (κ2) is 3.82. The van der Waals surface area contributed by atoms with Gasteiger partial charge in [-0.15, -0.1) is 11.3 Å². The molecule has 2 aromatic rings. The van der Waals surface area contributed by atoms with Gasteiger partial charge in [-0.25, -0.2) is 9.37 Å². The Labute approximate surface area is 90.3 Å². The fraction of sp³-hybridized carbons (Fsp3) is 0. The molecule has 0 atom stereocenters. The molecule has 0 unspecified atom stereocenters. The summed E-state index contributed by atoms with van der Waals surface area (Å²) in [6, 6.07) is 6.40. The number of hydrogen-bond donors (Lipinski definition) is 1. The maximum atomic E-state index is 13.4. The lowest BCUT2D eigenvalue weighted by molar-refractivity contribution is 0.515. The summed E-state index contributed by atoms with van der Waals surface area (Å²) in [5, 5.41) is 9.68. The number of aromatic nitrogens is 1. The van der Waals surface area contributed by atoms with Gasteiger partial charge in [0.2, 0.25) is 0 Å². The topological polar surface area (TPSA) is 33.1 Å². The van der Waals surface area contributed by atoms with Crippen molar-refractivity contribution in [2.45, 2.75) is 0 Å². The zero-order chi connectivity index (χ0) is 10.8. The van der Waals surface area contributed by atoms with Crippen molar-refractivity contribution >= 4 is 17.1 Å². The van der Waals surface area contributed by atoms with Crippen LogP contribution in [0.3, 0.4) is 0 Å². The highest BCUT2D eigenvalue weighted by atomic mass is 32.1. The number of aliphatic hydroxyl groups excluding tert-OH is 1.